The highest BCUT2D eigenvalue weighted by Crippen LogP contribution is 2.36. The lowest BCUT2D eigenvalue weighted by Gasteiger charge is -2.22. The van der Waals surface area contributed by atoms with E-state index in [0.717, 1.165) is 36.9 Å². The van der Waals surface area contributed by atoms with Gasteiger partial charge in [0.15, 0.2) is 0 Å². The first-order valence-corrected chi connectivity index (χ1v) is 9.52. The molecule has 2 N–H and O–H groups in total. The molecule has 6 nitrogen and oxygen atoms in total. The van der Waals surface area contributed by atoms with Gasteiger partial charge >= 0.3 is 11.8 Å². The predicted molar refractivity (Wildman–Crippen MR) is 99.6 cm³/mol. The second-order valence-electron chi connectivity index (χ2n) is 7.43. The molecule has 3 amide bonds. The molecule has 0 bridgehead atoms. The summed E-state index contributed by atoms with van der Waals surface area (Å²) in [5, 5.41) is 5.46. The number of hydrogen-bond donors (Lipinski definition) is 2. The number of carbonyl (C=O) groups excluding carboxylic acids is 3. The van der Waals surface area contributed by atoms with Gasteiger partial charge in [0.2, 0.25) is 0 Å². The van der Waals surface area contributed by atoms with Crippen LogP contribution in [0.3, 0.4) is 0 Å². The molecule has 1 aliphatic carbocycles. The van der Waals surface area contributed by atoms with E-state index in [9.17, 15) is 14.4 Å². The third-order valence-electron chi connectivity index (χ3n) is 5.18. The third-order valence-corrected chi connectivity index (χ3v) is 5.18. The summed E-state index contributed by atoms with van der Waals surface area (Å²) in [6.07, 6.45) is 6.32. The summed E-state index contributed by atoms with van der Waals surface area (Å²) in [6, 6.07) is 6.61. The predicted octanol–water partition coefficient (Wildman–Crippen LogP) is 2.44. The Morgan fingerprint density at radius 2 is 1.62 bits per heavy atom. The SMILES string of the molecule is CC(C)N1C(=O)[C@H](NC(=O)C(=O)NC2CCCCCC2)c2ccccc21. The highest BCUT2D eigenvalue weighted by molar-refractivity contribution is 6.35. The van der Waals surface area contributed by atoms with Crippen LogP contribution in [0.5, 0.6) is 0 Å². The quantitative estimate of drug-likeness (QED) is 0.644. The van der Waals surface area contributed by atoms with Gasteiger partial charge in [0.1, 0.15) is 6.04 Å². The molecule has 1 fully saturated rings. The van der Waals surface area contributed by atoms with Crippen LogP contribution in [0, 0.1) is 0 Å². The molecular formula is C20H27N3O3. The van der Waals surface area contributed by atoms with Gasteiger partial charge in [-0.2, -0.15) is 0 Å². The standard InChI is InChI=1S/C20H27N3O3/c1-13(2)23-16-12-8-7-11-15(16)17(20(23)26)22-19(25)18(24)21-14-9-5-3-4-6-10-14/h7-8,11-14,17H,3-6,9-10H2,1-2H3,(H,21,24)(H,22,25)/t17-/m1/s1. The van der Waals surface area contributed by atoms with Crippen molar-refractivity contribution in [3.8, 4) is 0 Å². The van der Waals surface area contributed by atoms with E-state index in [2.05, 4.69) is 10.6 Å². The first kappa shape index (κ1) is 18.4. The molecule has 6 heteroatoms. The number of rotatable bonds is 3. The number of amides is 3. The topological polar surface area (TPSA) is 78.5 Å². The molecule has 26 heavy (non-hydrogen) atoms. The molecule has 1 saturated carbocycles. The van der Waals surface area contributed by atoms with E-state index >= 15 is 0 Å². The number of hydrogen-bond acceptors (Lipinski definition) is 3. The van der Waals surface area contributed by atoms with Crippen molar-refractivity contribution in [2.24, 2.45) is 0 Å². The Bertz CT molecular complexity index is 693. The van der Waals surface area contributed by atoms with Crippen molar-refractivity contribution in [1.29, 1.82) is 0 Å². The van der Waals surface area contributed by atoms with Gasteiger partial charge in [-0.1, -0.05) is 43.9 Å². The van der Waals surface area contributed by atoms with Gasteiger partial charge in [-0.15, -0.1) is 0 Å². The molecule has 1 aromatic rings. The first-order chi connectivity index (χ1) is 12.5. The second kappa shape index (κ2) is 7.89. The van der Waals surface area contributed by atoms with Crippen molar-refractivity contribution in [1.82, 2.24) is 10.6 Å². The maximum Gasteiger partial charge on any atom is 0.310 e. The molecule has 1 aromatic carbocycles. The monoisotopic (exact) mass is 357 g/mol. The molecule has 2 aliphatic rings. The van der Waals surface area contributed by atoms with E-state index in [1.807, 2.05) is 38.1 Å². The molecule has 140 valence electrons. The Morgan fingerprint density at radius 3 is 2.27 bits per heavy atom. The van der Waals surface area contributed by atoms with Gasteiger partial charge in [-0.25, -0.2) is 0 Å². The summed E-state index contributed by atoms with van der Waals surface area (Å²) in [4.78, 5) is 39.1. The zero-order valence-electron chi connectivity index (χ0n) is 15.5. The number of para-hydroxylation sites is 1. The number of fused-ring (bicyclic) bond motifs is 1. The van der Waals surface area contributed by atoms with Gasteiger partial charge in [0.05, 0.1) is 0 Å². The summed E-state index contributed by atoms with van der Waals surface area (Å²) in [7, 11) is 0. The van der Waals surface area contributed by atoms with E-state index in [-0.39, 0.29) is 18.0 Å². The van der Waals surface area contributed by atoms with Crippen LogP contribution >= 0.6 is 0 Å². The summed E-state index contributed by atoms with van der Waals surface area (Å²) in [6.45, 7) is 3.86. The minimum atomic E-state index is -0.805. The first-order valence-electron chi connectivity index (χ1n) is 9.52. The number of carbonyl (C=O) groups is 3. The molecule has 0 spiro atoms. The van der Waals surface area contributed by atoms with Gasteiger partial charge in [-0.3, -0.25) is 14.4 Å². The van der Waals surface area contributed by atoms with E-state index in [1.165, 1.54) is 12.8 Å². The van der Waals surface area contributed by atoms with Crippen LogP contribution in [0.4, 0.5) is 5.69 Å². The minimum Gasteiger partial charge on any atom is -0.345 e. The highest BCUT2D eigenvalue weighted by Gasteiger charge is 2.40. The van der Waals surface area contributed by atoms with Crippen molar-refractivity contribution in [2.75, 3.05) is 4.90 Å². The molecule has 0 saturated heterocycles. The van der Waals surface area contributed by atoms with Gasteiger partial charge < -0.3 is 15.5 Å². The van der Waals surface area contributed by atoms with Crippen LogP contribution < -0.4 is 15.5 Å². The Kier molecular flexibility index (Phi) is 5.59. The number of nitrogens with zero attached hydrogens (tertiary/aromatic N) is 1. The van der Waals surface area contributed by atoms with Crippen LogP contribution in [0.15, 0.2) is 24.3 Å². The fourth-order valence-electron chi connectivity index (χ4n) is 3.89. The summed E-state index contributed by atoms with van der Waals surface area (Å²) in [5.74, 6) is -1.59. The van der Waals surface area contributed by atoms with Crippen molar-refractivity contribution < 1.29 is 14.4 Å². The Balaban J connectivity index is 1.68. The summed E-state index contributed by atoms with van der Waals surface area (Å²) in [5.41, 5.74) is 1.53. The average Bonchev–Trinajstić information content (AvgIpc) is 2.77. The normalized spacial score (nSPS) is 20.7. The number of anilines is 1. The summed E-state index contributed by atoms with van der Waals surface area (Å²) < 4.78 is 0. The maximum absolute atomic E-state index is 12.8. The highest BCUT2D eigenvalue weighted by atomic mass is 16.2. The zero-order chi connectivity index (χ0) is 18.7. The number of nitrogens with one attached hydrogen (secondary N) is 2. The molecule has 1 atom stereocenters. The lowest BCUT2D eigenvalue weighted by atomic mass is 10.1. The molecular weight excluding hydrogens is 330 g/mol. The van der Waals surface area contributed by atoms with Crippen LogP contribution in [-0.4, -0.2) is 29.8 Å². The van der Waals surface area contributed by atoms with Gasteiger partial charge in [-0.05, 0) is 32.8 Å². The Morgan fingerprint density at radius 1 is 1.00 bits per heavy atom. The third kappa shape index (κ3) is 3.74. The molecule has 0 unspecified atom stereocenters. The zero-order valence-corrected chi connectivity index (χ0v) is 15.5. The van der Waals surface area contributed by atoms with Crippen LogP contribution in [0.25, 0.3) is 0 Å². The molecule has 0 aromatic heterocycles. The molecule has 3 rings (SSSR count). The van der Waals surface area contributed by atoms with Gasteiger partial charge in [0, 0.05) is 23.3 Å². The van der Waals surface area contributed by atoms with Gasteiger partial charge in [0.25, 0.3) is 5.91 Å². The van der Waals surface area contributed by atoms with E-state index in [0.29, 0.717) is 0 Å². The smallest absolute Gasteiger partial charge is 0.310 e. The molecule has 1 aliphatic heterocycles. The lowest BCUT2D eigenvalue weighted by molar-refractivity contribution is -0.140. The minimum absolute atomic E-state index is 0.0228. The van der Waals surface area contributed by atoms with E-state index in [1.54, 1.807) is 4.90 Å². The second-order valence-corrected chi connectivity index (χ2v) is 7.43. The fourth-order valence-corrected chi connectivity index (χ4v) is 3.89. The summed E-state index contributed by atoms with van der Waals surface area (Å²) >= 11 is 0. The van der Waals surface area contributed by atoms with Crippen LogP contribution in [-0.2, 0) is 14.4 Å². The lowest BCUT2D eigenvalue weighted by Crippen LogP contribution is -2.47. The fraction of sp³-hybridized carbons (Fsp3) is 0.550. The van der Waals surface area contributed by atoms with Crippen LogP contribution in [0.1, 0.15) is 64.0 Å². The van der Waals surface area contributed by atoms with Crippen molar-refractivity contribution in [3.63, 3.8) is 0 Å². The number of benzene rings is 1. The Labute approximate surface area is 154 Å². The molecule has 0 radical (unpaired) electrons. The maximum atomic E-state index is 12.8. The van der Waals surface area contributed by atoms with E-state index in [4.69, 9.17) is 0 Å². The van der Waals surface area contributed by atoms with Crippen molar-refractivity contribution >= 4 is 23.4 Å². The van der Waals surface area contributed by atoms with Crippen molar-refractivity contribution in [2.45, 2.75) is 70.5 Å². The van der Waals surface area contributed by atoms with Crippen LogP contribution in [0.2, 0.25) is 0 Å². The Hall–Kier alpha value is -2.37. The van der Waals surface area contributed by atoms with Crippen molar-refractivity contribution in [3.05, 3.63) is 29.8 Å². The largest absolute Gasteiger partial charge is 0.345 e. The van der Waals surface area contributed by atoms with E-state index < -0.39 is 17.9 Å². The molecule has 1 heterocycles. The average molecular weight is 357 g/mol.